The maximum Gasteiger partial charge on any atom is 0.280 e. The third-order valence-corrected chi connectivity index (χ3v) is 4.43. The first-order chi connectivity index (χ1) is 13.5. The van der Waals surface area contributed by atoms with E-state index in [9.17, 15) is 20.1 Å². The van der Waals surface area contributed by atoms with Gasteiger partial charge in [-0.1, -0.05) is 24.1 Å². The molecular weight excluding hydrogens is 366 g/mol. The van der Waals surface area contributed by atoms with Crippen LogP contribution in [0.2, 0.25) is 0 Å². The van der Waals surface area contributed by atoms with Crippen molar-refractivity contribution in [3.63, 3.8) is 0 Å². The first-order valence-corrected chi connectivity index (χ1v) is 8.47. The standard InChI is InChI=1S/C18H17N5O5/c19-18-21-15-12(16(27)22-18)20-11(7-6-9-4-2-1-3-5-9)23(15)17-14(26)13(25)10(8-24)28-17/h1-5,10,13-14,17,24-26H,8H2,(H3,19,21,22,27)/t10-,13?,14?,17-/m1/s1. The van der Waals surface area contributed by atoms with Crippen LogP contribution in [0.15, 0.2) is 35.1 Å². The van der Waals surface area contributed by atoms with Crippen LogP contribution in [0.25, 0.3) is 11.2 Å². The maximum atomic E-state index is 12.2. The molecule has 0 saturated carbocycles. The summed E-state index contributed by atoms with van der Waals surface area (Å²) in [4.78, 5) is 22.9. The number of aliphatic hydroxyl groups excluding tert-OH is 3. The van der Waals surface area contributed by atoms with Crippen molar-refractivity contribution in [3.05, 3.63) is 52.1 Å². The van der Waals surface area contributed by atoms with Crippen LogP contribution < -0.4 is 11.3 Å². The molecule has 1 saturated heterocycles. The number of fused-ring (bicyclic) bond motifs is 1. The molecule has 144 valence electrons. The number of nitrogens with zero attached hydrogens (tertiary/aromatic N) is 3. The van der Waals surface area contributed by atoms with Crippen molar-refractivity contribution in [2.75, 3.05) is 12.3 Å². The van der Waals surface area contributed by atoms with Crippen molar-refractivity contribution in [2.45, 2.75) is 24.5 Å². The first-order valence-electron chi connectivity index (χ1n) is 8.47. The number of H-pyrrole nitrogens is 1. The second-order valence-corrected chi connectivity index (χ2v) is 6.27. The molecule has 3 heterocycles. The fraction of sp³-hybridized carbons (Fsp3) is 0.278. The average Bonchev–Trinajstić information content (AvgIpc) is 3.18. The lowest BCUT2D eigenvalue weighted by atomic mass is 10.1. The van der Waals surface area contributed by atoms with Crippen molar-refractivity contribution >= 4 is 17.1 Å². The maximum absolute atomic E-state index is 12.2. The molecule has 1 aliphatic heterocycles. The second-order valence-electron chi connectivity index (χ2n) is 6.27. The molecule has 4 rings (SSSR count). The van der Waals surface area contributed by atoms with Crippen molar-refractivity contribution in [1.29, 1.82) is 0 Å². The zero-order chi connectivity index (χ0) is 19.8. The normalized spacial score (nSPS) is 24.2. The summed E-state index contributed by atoms with van der Waals surface area (Å²) < 4.78 is 6.88. The minimum Gasteiger partial charge on any atom is -0.394 e. The Labute approximate surface area is 158 Å². The zero-order valence-electron chi connectivity index (χ0n) is 14.5. The molecular formula is C18H17N5O5. The number of imidazole rings is 1. The molecule has 3 aromatic rings. The second kappa shape index (κ2) is 7.06. The van der Waals surface area contributed by atoms with Crippen molar-refractivity contribution in [2.24, 2.45) is 0 Å². The molecule has 2 unspecified atom stereocenters. The van der Waals surface area contributed by atoms with Crippen LogP contribution in [0.4, 0.5) is 5.95 Å². The van der Waals surface area contributed by atoms with Crippen LogP contribution in [0, 0.1) is 11.8 Å². The smallest absolute Gasteiger partial charge is 0.280 e. The molecule has 0 aliphatic carbocycles. The molecule has 1 aliphatic rings. The Hall–Kier alpha value is -3.23. The van der Waals surface area contributed by atoms with Crippen LogP contribution in [-0.4, -0.2) is 59.8 Å². The van der Waals surface area contributed by atoms with Crippen LogP contribution >= 0.6 is 0 Å². The molecule has 10 heteroatoms. The van der Waals surface area contributed by atoms with E-state index in [0.717, 1.165) is 0 Å². The van der Waals surface area contributed by atoms with Gasteiger partial charge in [-0.15, -0.1) is 0 Å². The van der Waals surface area contributed by atoms with Crippen molar-refractivity contribution in [1.82, 2.24) is 19.5 Å². The number of nitrogens with one attached hydrogen (secondary N) is 1. The fourth-order valence-electron chi connectivity index (χ4n) is 3.07. The summed E-state index contributed by atoms with van der Waals surface area (Å²) in [7, 11) is 0. The molecule has 0 bridgehead atoms. The van der Waals surface area contributed by atoms with Gasteiger partial charge in [-0.2, -0.15) is 4.98 Å². The van der Waals surface area contributed by atoms with Crippen LogP contribution in [-0.2, 0) is 4.74 Å². The Morgan fingerprint density at radius 3 is 2.61 bits per heavy atom. The number of nitrogens with two attached hydrogens (primary N) is 1. The van der Waals surface area contributed by atoms with E-state index in [1.165, 1.54) is 4.57 Å². The molecule has 0 amide bonds. The Bertz CT molecular complexity index is 1130. The molecule has 2 aromatic heterocycles. The lowest BCUT2D eigenvalue weighted by molar-refractivity contribution is -0.0514. The number of anilines is 1. The van der Waals surface area contributed by atoms with Crippen LogP contribution in [0.3, 0.4) is 0 Å². The highest BCUT2D eigenvalue weighted by Crippen LogP contribution is 2.32. The van der Waals surface area contributed by atoms with Crippen molar-refractivity contribution < 1.29 is 20.1 Å². The fourth-order valence-corrected chi connectivity index (χ4v) is 3.07. The Morgan fingerprint density at radius 1 is 1.18 bits per heavy atom. The number of aromatic nitrogens is 4. The molecule has 1 aromatic carbocycles. The van der Waals surface area contributed by atoms with Gasteiger partial charge in [0.2, 0.25) is 5.95 Å². The quantitative estimate of drug-likeness (QED) is 0.342. The Balaban J connectivity index is 1.90. The van der Waals surface area contributed by atoms with Gasteiger partial charge < -0.3 is 25.8 Å². The SMILES string of the molecule is Nc1nc2c(nc(C#Cc3ccccc3)n2[C@@H]2O[C@H](CO)C(O)C2O)c(=O)[nH]1. The molecule has 0 radical (unpaired) electrons. The molecule has 0 spiro atoms. The molecule has 4 atom stereocenters. The number of aliphatic hydroxyl groups is 3. The largest absolute Gasteiger partial charge is 0.394 e. The van der Waals surface area contributed by atoms with E-state index < -0.39 is 36.7 Å². The third-order valence-electron chi connectivity index (χ3n) is 4.43. The minimum absolute atomic E-state index is 0.0377. The molecule has 1 fully saturated rings. The van der Waals surface area contributed by atoms with E-state index in [0.29, 0.717) is 5.56 Å². The summed E-state index contributed by atoms with van der Waals surface area (Å²) in [6.07, 6.45) is -4.89. The van der Waals surface area contributed by atoms with E-state index in [4.69, 9.17) is 10.5 Å². The van der Waals surface area contributed by atoms with Gasteiger partial charge in [0.25, 0.3) is 5.56 Å². The first kappa shape index (κ1) is 18.1. The van der Waals surface area contributed by atoms with E-state index in [2.05, 4.69) is 26.8 Å². The molecule has 28 heavy (non-hydrogen) atoms. The zero-order valence-corrected chi connectivity index (χ0v) is 14.5. The van der Waals surface area contributed by atoms with Gasteiger partial charge >= 0.3 is 0 Å². The van der Waals surface area contributed by atoms with Gasteiger partial charge in [0, 0.05) is 5.56 Å². The lowest BCUT2D eigenvalue weighted by Crippen LogP contribution is -2.33. The lowest BCUT2D eigenvalue weighted by Gasteiger charge is -2.17. The predicted octanol–water partition coefficient (Wildman–Crippen LogP) is -1.29. The van der Waals surface area contributed by atoms with E-state index >= 15 is 0 Å². The summed E-state index contributed by atoms with van der Waals surface area (Å²) in [6.45, 7) is -0.497. The average molecular weight is 383 g/mol. The van der Waals surface area contributed by atoms with Crippen molar-refractivity contribution in [3.8, 4) is 11.8 Å². The van der Waals surface area contributed by atoms with E-state index in [1.54, 1.807) is 12.1 Å². The number of nitrogen functional groups attached to an aromatic ring is 1. The highest BCUT2D eigenvalue weighted by molar-refractivity contribution is 5.73. The summed E-state index contributed by atoms with van der Waals surface area (Å²) >= 11 is 0. The summed E-state index contributed by atoms with van der Waals surface area (Å²) in [6, 6.07) is 9.11. The number of hydrogen-bond acceptors (Lipinski definition) is 8. The number of rotatable bonds is 2. The molecule has 6 N–H and O–H groups in total. The summed E-state index contributed by atoms with van der Waals surface area (Å²) in [5.41, 5.74) is 5.80. The molecule has 10 nitrogen and oxygen atoms in total. The van der Waals surface area contributed by atoms with Gasteiger partial charge in [-0.05, 0) is 18.1 Å². The minimum atomic E-state index is -1.39. The van der Waals surface area contributed by atoms with Gasteiger partial charge in [0.05, 0.1) is 6.61 Å². The highest BCUT2D eigenvalue weighted by atomic mass is 16.6. The number of aromatic amines is 1. The Morgan fingerprint density at radius 2 is 1.93 bits per heavy atom. The van der Waals surface area contributed by atoms with Crippen LogP contribution in [0.1, 0.15) is 17.6 Å². The van der Waals surface area contributed by atoms with Gasteiger partial charge in [-0.3, -0.25) is 14.3 Å². The predicted molar refractivity (Wildman–Crippen MR) is 98.0 cm³/mol. The monoisotopic (exact) mass is 383 g/mol. The highest BCUT2D eigenvalue weighted by Gasteiger charge is 2.45. The van der Waals surface area contributed by atoms with Gasteiger partial charge in [0.15, 0.2) is 23.2 Å². The van der Waals surface area contributed by atoms with Gasteiger partial charge in [0.1, 0.15) is 18.3 Å². The summed E-state index contributed by atoms with van der Waals surface area (Å²) in [5.74, 6) is 5.71. The topological polar surface area (TPSA) is 160 Å². The Kier molecular flexibility index (Phi) is 4.58. The van der Waals surface area contributed by atoms with E-state index in [-0.39, 0.29) is 22.9 Å². The summed E-state index contributed by atoms with van der Waals surface area (Å²) in [5, 5.41) is 29.9. The van der Waals surface area contributed by atoms with Crippen LogP contribution in [0.5, 0.6) is 0 Å². The number of benzene rings is 1. The van der Waals surface area contributed by atoms with E-state index in [1.807, 2.05) is 18.2 Å². The third kappa shape index (κ3) is 3.02. The number of hydrogen-bond donors (Lipinski definition) is 5. The van der Waals surface area contributed by atoms with Gasteiger partial charge in [-0.25, -0.2) is 4.98 Å². The number of ether oxygens (including phenoxy) is 1.